The Bertz CT molecular complexity index is 811. The van der Waals surface area contributed by atoms with E-state index in [9.17, 15) is 18.3 Å². The number of hydrogen-bond acceptors (Lipinski definition) is 6. The van der Waals surface area contributed by atoms with E-state index in [2.05, 4.69) is 10.1 Å². The monoisotopic (exact) mass is 391 g/mol. The van der Waals surface area contributed by atoms with Crippen molar-refractivity contribution in [2.45, 2.75) is 24.2 Å². The van der Waals surface area contributed by atoms with Crippen molar-refractivity contribution in [2.75, 3.05) is 12.1 Å². The fourth-order valence-corrected chi connectivity index (χ4v) is 3.45. The molecule has 1 aromatic heterocycles. The van der Waals surface area contributed by atoms with Crippen molar-refractivity contribution in [3.63, 3.8) is 0 Å². The normalized spacial score (nSPS) is 20.7. The maximum Gasteiger partial charge on any atom is 0.438 e. The lowest BCUT2D eigenvalue weighted by Crippen LogP contribution is -2.55. The average Bonchev–Trinajstić information content (AvgIpc) is 3.19. The van der Waals surface area contributed by atoms with Gasteiger partial charge in [0.2, 0.25) is 5.13 Å². The van der Waals surface area contributed by atoms with Gasteiger partial charge in [-0.05, 0) is 12.1 Å². The first kappa shape index (κ1) is 18.0. The third-order valence-corrected chi connectivity index (χ3v) is 4.84. The lowest BCUT2D eigenvalue weighted by Gasteiger charge is -2.32. The van der Waals surface area contributed by atoms with Gasteiger partial charge in [-0.2, -0.15) is 23.3 Å². The fourth-order valence-electron chi connectivity index (χ4n) is 2.39. The number of thiazole rings is 1. The molecule has 3 rings (SSSR count). The van der Waals surface area contributed by atoms with E-state index in [1.165, 1.54) is 12.5 Å². The molecule has 25 heavy (non-hydrogen) atoms. The third kappa shape index (κ3) is 3.19. The van der Waals surface area contributed by atoms with E-state index < -0.39 is 18.3 Å². The minimum Gasteiger partial charge on any atom is -0.497 e. The number of nitrogens with zero attached hydrogens (tertiary/aromatic N) is 3. The molecule has 0 radical (unpaired) electrons. The topological polar surface area (TPSA) is 58.0 Å². The van der Waals surface area contributed by atoms with E-state index in [1.54, 1.807) is 24.3 Å². The highest BCUT2D eigenvalue weighted by molar-refractivity contribution is 7.13. The Morgan fingerprint density at radius 1 is 1.44 bits per heavy atom. The van der Waals surface area contributed by atoms with Crippen LogP contribution in [0.5, 0.6) is 5.75 Å². The highest BCUT2D eigenvalue weighted by atomic mass is 35.5. The Kier molecular flexibility index (Phi) is 4.65. The van der Waals surface area contributed by atoms with E-state index in [1.807, 2.05) is 0 Å². The second kappa shape index (κ2) is 6.47. The molecular formula is C15H13ClF3N3O2S. The predicted molar refractivity (Wildman–Crippen MR) is 89.3 cm³/mol. The van der Waals surface area contributed by atoms with Crippen molar-refractivity contribution in [2.24, 2.45) is 5.10 Å². The number of rotatable bonds is 4. The number of hydrogen-bond donors (Lipinski definition) is 1. The molecule has 0 spiro atoms. The van der Waals surface area contributed by atoms with Gasteiger partial charge in [-0.25, -0.2) is 4.98 Å². The number of methoxy groups -OCH3 is 1. The number of aromatic nitrogens is 1. The summed E-state index contributed by atoms with van der Waals surface area (Å²) in [5.74, 6) is 0.536. The van der Waals surface area contributed by atoms with E-state index in [-0.39, 0.29) is 16.7 Å². The summed E-state index contributed by atoms with van der Waals surface area (Å²) in [4.78, 5) is 4.00. The van der Waals surface area contributed by atoms with Crippen LogP contribution in [0.4, 0.5) is 18.3 Å². The molecule has 0 saturated heterocycles. The molecule has 1 N–H and O–H groups in total. The van der Waals surface area contributed by atoms with Gasteiger partial charge >= 0.3 is 6.18 Å². The van der Waals surface area contributed by atoms with E-state index in [0.717, 1.165) is 11.3 Å². The summed E-state index contributed by atoms with van der Waals surface area (Å²) in [7, 11) is 1.46. The van der Waals surface area contributed by atoms with Gasteiger partial charge in [0.05, 0.1) is 30.8 Å². The number of halogens is 4. The molecule has 1 aliphatic rings. The Balaban J connectivity index is 2.05. The highest BCUT2D eigenvalue weighted by Gasteiger charge is 2.62. The summed E-state index contributed by atoms with van der Waals surface area (Å²) in [6, 6.07) is 6.47. The van der Waals surface area contributed by atoms with Gasteiger partial charge in [0.25, 0.3) is 5.72 Å². The minimum atomic E-state index is -4.93. The molecule has 0 fully saturated rings. The van der Waals surface area contributed by atoms with Crippen LogP contribution >= 0.6 is 22.9 Å². The molecule has 134 valence electrons. The van der Waals surface area contributed by atoms with Gasteiger partial charge in [-0.15, -0.1) is 22.9 Å². The second-order valence-electron chi connectivity index (χ2n) is 5.34. The van der Waals surface area contributed by atoms with Crippen LogP contribution in [-0.2, 0) is 5.88 Å². The number of ether oxygens (including phenoxy) is 1. The Hall–Kier alpha value is -1.84. The van der Waals surface area contributed by atoms with Crippen LogP contribution in [0.25, 0.3) is 0 Å². The van der Waals surface area contributed by atoms with Crippen LogP contribution in [0, 0.1) is 0 Å². The summed E-state index contributed by atoms with van der Waals surface area (Å²) in [6.45, 7) is 0. The molecule has 0 aliphatic carbocycles. The van der Waals surface area contributed by atoms with Gasteiger partial charge in [-0.1, -0.05) is 12.1 Å². The second-order valence-corrected chi connectivity index (χ2v) is 6.44. The number of anilines is 1. The Morgan fingerprint density at radius 3 is 2.80 bits per heavy atom. The van der Waals surface area contributed by atoms with Crippen LogP contribution < -0.4 is 9.75 Å². The first-order chi connectivity index (χ1) is 11.8. The molecule has 0 amide bonds. The van der Waals surface area contributed by atoms with Crippen molar-refractivity contribution in [3.8, 4) is 5.75 Å². The zero-order valence-electron chi connectivity index (χ0n) is 12.9. The first-order valence-corrected chi connectivity index (χ1v) is 8.51. The van der Waals surface area contributed by atoms with Crippen LogP contribution in [0.1, 0.15) is 17.7 Å². The quantitative estimate of drug-likeness (QED) is 0.806. The first-order valence-electron chi connectivity index (χ1n) is 7.10. The van der Waals surface area contributed by atoms with Gasteiger partial charge in [0, 0.05) is 10.9 Å². The molecule has 1 aliphatic heterocycles. The Labute approximate surface area is 150 Å². The summed E-state index contributed by atoms with van der Waals surface area (Å²) in [5, 5.41) is 16.3. The summed E-state index contributed by atoms with van der Waals surface area (Å²) < 4.78 is 45.8. The van der Waals surface area contributed by atoms with Crippen molar-refractivity contribution in [1.82, 2.24) is 4.98 Å². The minimum absolute atomic E-state index is 0.0568. The maximum absolute atomic E-state index is 13.6. The van der Waals surface area contributed by atoms with Crippen LogP contribution in [-0.4, -0.2) is 34.8 Å². The molecule has 10 heteroatoms. The van der Waals surface area contributed by atoms with Crippen molar-refractivity contribution in [1.29, 1.82) is 0 Å². The number of benzene rings is 1. The van der Waals surface area contributed by atoms with Crippen molar-refractivity contribution < 1.29 is 23.0 Å². The predicted octanol–water partition coefficient (Wildman–Crippen LogP) is 3.76. The van der Waals surface area contributed by atoms with Crippen LogP contribution in [0.3, 0.4) is 0 Å². The van der Waals surface area contributed by atoms with Gasteiger partial charge in [0.15, 0.2) is 0 Å². The number of hydrazone groups is 1. The zero-order chi connectivity index (χ0) is 18.2. The maximum atomic E-state index is 13.6. The average molecular weight is 392 g/mol. The van der Waals surface area contributed by atoms with Crippen molar-refractivity contribution >= 4 is 33.8 Å². The molecule has 1 atom stereocenters. The fraction of sp³-hybridized carbons (Fsp3) is 0.333. The van der Waals surface area contributed by atoms with Gasteiger partial charge in [0.1, 0.15) is 5.75 Å². The standard InChI is InChI=1S/C15H13ClF3N3O2S/c1-24-11-4-2-3-9(5-11)12-6-14(23,15(17,18)19)22(21-12)13-20-10(7-16)8-25-13/h2-5,8,23H,6-7H2,1H3. The number of aliphatic hydroxyl groups is 1. The molecule has 1 unspecified atom stereocenters. The molecular weight excluding hydrogens is 379 g/mol. The summed E-state index contributed by atoms with van der Waals surface area (Å²) in [5.41, 5.74) is -2.25. The van der Waals surface area contributed by atoms with E-state index >= 15 is 0 Å². The SMILES string of the molecule is COc1cccc(C2=NN(c3nc(CCl)cs3)C(O)(C(F)(F)F)C2)c1. The smallest absolute Gasteiger partial charge is 0.438 e. The molecule has 5 nitrogen and oxygen atoms in total. The third-order valence-electron chi connectivity index (χ3n) is 3.70. The van der Waals surface area contributed by atoms with Crippen LogP contribution in [0.2, 0.25) is 0 Å². The largest absolute Gasteiger partial charge is 0.497 e. The Morgan fingerprint density at radius 2 is 2.20 bits per heavy atom. The lowest BCUT2D eigenvalue weighted by molar-refractivity contribution is -0.254. The van der Waals surface area contributed by atoms with Gasteiger partial charge < -0.3 is 9.84 Å². The zero-order valence-corrected chi connectivity index (χ0v) is 14.5. The molecule has 0 saturated carbocycles. The summed E-state index contributed by atoms with van der Waals surface area (Å²) in [6.07, 6.45) is -5.65. The molecule has 2 heterocycles. The van der Waals surface area contributed by atoms with E-state index in [4.69, 9.17) is 16.3 Å². The molecule has 0 bridgehead atoms. The van der Waals surface area contributed by atoms with Crippen LogP contribution in [0.15, 0.2) is 34.7 Å². The van der Waals surface area contributed by atoms with Gasteiger partial charge in [-0.3, -0.25) is 0 Å². The molecule has 2 aromatic rings. The number of alkyl halides is 4. The van der Waals surface area contributed by atoms with E-state index in [0.29, 0.717) is 22.0 Å². The highest BCUT2D eigenvalue weighted by Crippen LogP contribution is 2.44. The lowest BCUT2D eigenvalue weighted by atomic mass is 10.0. The summed E-state index contributed by atoms with van der Waals surface area (Å²) >= 11 is 6.59. The molecule has 1 aromatic carbocycles. The van der Waals surface area contributed by atoms with Crippen molar-refractivity contribution in [3.05, 3.63) is 40.9 Å².